The van der Waals surface area contributed by atoms with Gasteiger partial charge in [-0.15, -0.1) is 0 Å². The number of rotatable bonds is 3. The quantitative estimate of drug-likeness (QED) is 0.619. The Morgan fingerprint density at radius 3 is 2.71 bits per heavy atom. The molecule has 3 amide bonds. The minimum absolute atomic E-state index is 0.0344. The highest BCUT2D eigenvalue weighted by molar-refractivity contribution is 6.00. The number of likely N-dealkylation sites (tertiary alicyclic amines) is 1. The summed E-state index contributed by atoms with van der Waals surface area (Å²) >= 11 is 0. The summed E-state index contributed by atoms with van der Waals surface area (Å²) in [6, 6.07) is -0.417. The zero-order chi connectivity index (χ0) is 12.3. The highest BCUT2D eigenvalue weighted by Gasteiger charge is 2.27. The van der Waals surface area contributed by atoms with Crippen molar-refractivity contribution in [1.82, 2.24) is 15.5 Å². The van der Waals surface area contributed by atoms with Crippen LogP contribution in [0, 0.1) is 0 Å². The van der Waals surface area contributed by atoms with Crippen LogP contribution in [0.1, 0.15) is 25.7 Å². The minimum Gasteiger partial charge on any atom is -0.342 e. The van der Waals surface area contributed by atoms with Crippen molar-refractivity contribution in [2.45, 2.75) is 31.7 Å². The van der Waals surface area contributed by atoms with Gasteiger partial charge in [0.25, 0.3) is 0 Å². The van der Waals surface area contributed by atoms with Crippen LogP contribution >= 0.6 is 0 Å². The van der Waals surface area contributed by atoms with Crippen LogP contribution in [0.2, 0.25) is 0 Å². The maximum atomic E-state index is 11.7. The maximum Gasteiger partial charge on any atom is 0.243 e. The fourth-order valence-corrected chi connectivity index (χ4v) is 2.18. The fourth-order valence-electron chi connectivity index (χ4n) is 2.18. The van der Waals surface area contributed by atoms with Crippen molar-refractivity contribution >= 4 is 17.7 Å². The molecule has 0 spiro atoms. The zero-order valence-corrected chi connectivity index (χ0v) is 9.70. The number of amides is 3. The van der Waals surface area contributed by atoms with E-state index in [9.17, 15) is 14.4 Å². The standard InChI is InChI=1S/C11H17N3O3/c15-9-4-3-8(11(17)13-9)12-7-10(16)14-5-1-2-6-14/h8,12H,1-7H2,(H,13,15,17). The van der Waals surface area contributed by atoms with E-state index in [1.54, 1.807) is 4.90 Å². The fraction of sp³-hybridized carbons (Fsp3) is 0.727. The van der Waals surface area contributed by atoms with Crippen LogP contribution in [0.3, 0.4) is 0 Å². The molecule has 0 saturated carbocycles. The number of nitrogens with zero attached hydrogens (tertiary/aromatic N) is 1. The Morgan fingerprint density at radius 1 is 1.35 bits per heavy atom. The van der Waals surface area contributed by atoms with E-state index in [4.69, 9.17) is 0 Å². The van der Waals surface area contributed by atoms with Gasteiger partial charge in [0.2, 0.25) is 17.7 Å². The number of carbonyl (C=O) groups excluding carboxylic acids is 3. The number of hydrogen-bond acceptors (Lipinski definition) is 4. The Morgan fingerprint density at radius 2 is 2.06 bits per heavy atom. The van der Waals surface area contributed by atoms with E-state index < -0.39 is 6.04 Å². The molecule has 1 atom stereocenters. The molecular weight excluding hydrogens is 222 g/mol. The number of nitrogens with one attached hydrogen (secondary N) is 2. The van der Waals surface area contributed by atoms with E-state index in [1.165, 1.54) is 0 Å². The van der Waals surface area contributed by atoms with Crippen molar-refractivity contribution < 1.29 is 14.4 Å². The lowest BCUT2D eigenvalue weighted by atomic mass is 10.1. The van der Waals surface area contributed by atoms with Gasteiger partial charge in [-0.2, -0.15) is 0 Å². The molecule has 2 rings (SSSR count). The number of carbonyl (C=O) groups is 3. The molecule has 2 saturated heterocycles. The van der Waals surface area contributed by atoms with Gasteiger partial charge in [-0.25, -0.2) is 0 Å². The molecule has 2 heterocycles. The van der Waals surface area contributed by atoms with Crippen LogP contribution in [0.15, 0.2) is 0 Å². The van der Waals surface area contributed by atoms with Crippen molar-refractivity contribution in [3.05, 3.63) is 0 Å². The first-order valence-corrected chi connectivity index (χ1v) is 6.01. The van der Waals surface area contributed by atoms with E-state index in [2.05, 4.69) is 10.6 Å². The molecule has 1 unspecified atom stereocenters. The van der Waals surface area contributed by atoms with E-state index in [-0.39, 0.29) is 24.3 Å². The Hall–Kier alpha value is -1.43. The van der Waals surface area contributed by atoms with Gasteiger partial charge in [0, 0.05) is 19.5 Å². The first kappa shape index (κ1) is 12.0. The molecule has 94 valence electrons. The monoisotopic (exact) mass is 239 g/mol. The lowest BCUT2D eigenvalue weighted by molar-refractivity contribution is -0.134. The molecule has 6 heteroatoms. The molecule has 6 nitrogen and oxygen atoms in total. The second kappa shape index (κ2) is 5.27. The highest BCUT2D eigenvalue weighted by Crippen LogP contribution is 2.08. The summed E-state index contributed by atoms with van der Waals surface area (Å²) in [5, 5.41) is 5.17. The summed E-state index contributed by atoms with van der Waals surface area (Å²) in [5.74, 6) is -0.526. The van der Waals surface area contributed by atoms with Gasteiger partial charge in [-0.05, 0) is 19.3 Å². The first-order valence-electron chi connectivity index (χ1n) is 6.01. The molecule has 2 aliphatic heterocycles. The Kier molecular flexibility index (Phi) is 3.73. The van der Waals surface area contributed by atoms with E-state index >= 15 is 0 Å². The van der Waals surface area contributed by atoms with Crippen molar-refractivity contribution in [1.29, 1.82) is 0 Å². The summed E-state index contributed by atoms with van der Waals surface area (Å²) in [6.07, 6.45) is 2.92. The third-order valence-electron chi connectivity index (χ3n) is 3.20. The van der Waals surface area contributed by atoms with Gasteiger partial charge in [0.15, 0.2) is 0 Å². The summed E-state index contributed by atoms with van der Waals surface area (Å²) < 4.78 is 0. The van der Waals surface area contributed by atoms with Gasteiger partial charge in [0.05, 0.1) is 12.6 Å². The second-order valence-corrected chi connectivity index (χ2v) is 4.47. The number of imide groups is 1. The zero-order valence-electron chi connectivity index (χ0n) is 9.70. The SMILES string of the molecule is O=C1CCC(NCC(=O)N2CCCC2)C(=O)N1. The lowest BCUT2D eigenvalue weighted by Crippen LogP contribution is -2.52. The second-order valence-electron chi connectivity index (χ2n) is 4.47. The Balaban J connectivity index is 1.75. The lowest BCUT2D eigenvalue weighted by Gasteiger charge is -2.23. The van der Waals surface area contributed by atoms with Gasteiger partial charge in [-0.3, -0.25) is 25.0 Å². The maximum absolute atomic E-state index is 11.7. The topological polar surface area (TPSA) is 78.5 Å². The summed E-state index contributed by atoms with van der Waals surface area (Å²) in [7, 11) is 0. The molecular formula is C11H17N3O3. The van der Waals surface area contributed by atoms with E-state index in [1.807, 2.05) is 0 Å². The van der Waals surface area contributed by atoms with Gasteiger partial charge in [0.1, 0.15) is 0 Å². The van der Waals surface area contributed by atoms with Crippen molar-refractivity contribution in [2.75, 3.05) is 19.6 Å². The van der Waals surface area contributed by atoms with Gasteiger partial charge < -0.3 is 4.90 Å². The summed E-state index contributed by atoms with van der Waals surface area (Å²) in [5.41, 5.74) is 0. The van der Waals surface area contributed by atoms with Crippen LogP contribution < -0.4 is 10.6 Å². The van der Waals surface area contributed by atoms with Gasteiger partial charge >= 0.3 is 0 Å². The first-order chi connectivity index (χ1) is 8.16. The van der Waals surface area contributed by atoms with E-state index in [0.717, 1.165) is 25.9 Å². The van der Waals surface area contributed by atoms with E-state index in [0.29, 0.717) is 12.8 Å². The Labute approximate surface area is 99.7 Å². The van der Waals surface area contributed by atoms with Crippen molar-refractivity contribution in [3.63, 3.8) is 0 Å². The molecule has 0 aromatic heterocycles. The number of hydrogen-bond donors (Lipinski definition) is 2. The Bertz CT molecular complexity index is 337. The predicted octanol–water partition coefficient (Wildman–Crippen LogP) is -0.996. The van der Waals surface area contributed by atoms with Crippen LogP contribution in [-0.4, -0.2) is 48.3 Å². The molecule has 17 heavy (non-hydrogen) atoms. The third-order valence-corrected chi connectivity index (χ3v) is 3.20. The van der Waals surface area contributed by atoms with Crippen LogP contribution in [0.25, 0.3) is 0 Å². The summed E-state index contributed by atoms with van der Waals surface area (Å²) in [4.78, 5) is 35.9. The predicted molar refractivity (Wildman–Crippen MR) is 60.0 cm³/mol. The molecule has 2 N–H and O–H groups in total. The summed E-state index contributed by atoms with van der Waals surface area (Å²) in [6.45, 7) is 1.80. The van der Waals surface area contributed by atoms with Crippen LogP contribution in [0.4, 0.5) is 0 Å². The average molecular weight is 239 g/mol. The molecule has 0 aromatic carbocycles. The molecule has 2 aliphatic rings. The normalized spacial score (nSPS) is 24.9. The molecule has 2 fully saturated rings. The van der Waals surface area contributed by atoms with Crippen LogP contribution in [0.5, 0.6) is 0 Å². The highest BCUT2D eigenvalue weighted by atomic mass is 16.2. The molecule has 0 bridgehead atoms. The largest absolute Gasteiger partial charge is 0.342 e. The van der Waals surface area contributed by atoms with Crippen LogP contribution in [-0.2, 0) is 14.4 Å². The van der Waals surface area contributed by atoms with Gasteiger partial charge in [-0.1, -0.05) is 0 Å². The minimum atomic E-state index is -0.417. The molecule has 0 radical (unpaired) electrons. The van der Waals surface area contributed by atoms with Crippen molar-refractivity contribution in [3.8, 4) is 0 Å². The molecule has 0 aliphatic carbocycles. The third kappa shape index (κ3) is 3.03. The molecule has 0 aromatic rings. The average Bonchev–Trinajstić information content (AvgIpc) is 2.81. The number of piperidine rings is 1. The van der Waals surface area contributed by atoms with Crippen molar-refractivity contribution in [2.24, 2.45) is 0 Å². The smallest absolute Gasteiger partial charge is 0.243 e.